The number of carbonyl (C=O) groups is 1. The normalized spacial score (nSPS) is 15.0. The Morgan fingerprint density at radius 2 is 2.05 bits per heavy atom. The molecule has 1 aromatic heterocycles. The molecule has 122 valence electrons. The zero-order valence-corrected chi connectivity index (χ0v) is 14.5. The topological polar surface area (TPSA) is 58.6 Å². The molecule has 2 rings (SSSR count). The number of carbonyl (C=O) groups excluding carboxylic acids is 1. The van der Waals surface area contributed by atoms with Gasteiger partial charge in [0.1, 0.15) is 11.0 Å². The van der Waals surface area contributed by atoms with Crippen LogP contribution in [-0.2, 0) is 9.53 Å². The van der Waals surface area contributed by atoms with E-state index in [0.717, 1.165) is 18.9 Å². The highest BCUT2D eigenvalue weighted by molar-refractivity contribution is 7.99. The van der Waals surface area contributed by atoms with Gasteiger partial charge in [-0.1, -0.05) is 23.4 Å². The van der Waals surface area contributed by atoms with Crippen molar-refractivity contribution in [1.82, 2.24) is 14.9 Å². The predicted molar refractivity (Wildman–Crippen MR) is 88.7 cm³/mol. The Bertz CT molecular complexity index is 508. The minimum Gasteiger partial charge on any atom is -0.378 e. The Hall–Kier alpha value is -1.05. The van der Waals surface area contributed by atoms with Crippen molar-refractivity contribution in [1.29, 1.82) is 0 Å². The molecule has 2 heterocycles. The number of hydrogen-bond donors (Lipinski definition) is 0. The van der Waals surface area contributed by atoms with Gasteiger partial charge in [-0.2, -0.15) is 0 Å². The van der Waals surface area contributed by atoms with E-state index in [0.29, 0.717) is 42.4 Å². The molecule has 0 aliphatic carbocycles. The maximum atomic E-state index is 12.1. The highest BCUT2D eigenvalue weighted by atomic mass is 35.5. The van der Waals surface area contributed by atoms with E-state index in [1.54, 1.807) is 6.07 Å². The maximum absolute atomic E-state index is 12.1. The number of thioether (sulfide) groups is 1. The van der Waals surface area contributed by atoms with E-state index in [-0.39, 0.29) is 5.91 Å². The molecule has 0 N–H and O–H groups in total. The summed E-state index contributed by atoms with van der Waals surface area (Å²) in [5, 5.41) is 0.939. The van der Waals surface area contributed by atoms with Gasteiger partial charge in [-0.3, -0.25) is 4.79 Å². The highest BCUT2D eigenvalue weighted by Crippen LogP contribution is 2.22. The number of ether oxygens (including phenoxy) is 1. The van der Waals surface area contributed by atoms with Gasteiger partial charge in [-0.15, -0.1) is 0 Å². The van der Waals surface area contributed by atoms with Crippen LogP contribution in [0.4, 0.5) is 5.82 Å². The van der Waals surface area contributed by atoms with Crippen LogP contribution in [0.2, 0.25) is 5.15 Å². The largest absolute Gasteiger partial charge is 0.378 e. The number of halogens is 1. The molecule has 1 fully saturated rings. The van der Waals surface area contributed by atoms with Crippen LogP contribution in [-0.4, -0.2) is 65.9 Å². The van der Waals surface area contributed by atoms with Crippen LogP contribution in [0.25, 0.3) is 0 Å². The summed E-state index contributed by atoms with van der Waals surface area (Å²) in [6.45, 7) is 8.34. The molecule has 0 spiro atoms. The van der Waals surface area contributed by atoms with Crippen molar-refractivity contribution < 1.29 is 9.53 Å². The van der Waals surface area contributed by atoms with Crippen molar-refractivity contribution in [2.45, 2.75) is 19.0 Å². The van der Waals surface area contributed by atoms with Crippen molar-refractivity contribution in [3.63, 3.8) is 0 Å². The summed E-state index contributed by atoms with van der Waals surface area (Å²) in [7, 11) is 0. The molecular formula is C14H21ClN4O2S. The van der Waals surface area contributed by atoms with E-state index in [4.69, 9.17) is 16.3 Å². The van der Waals surface area contributed by atoms with Crippen molar-refractivity contribution >= 4 is 35.1 Å². The molecule has 0 saturated carbocycles. The lowest BCUT2D eigenvalue weighted by Crippen LogP contribution is -2.41. The van der Waals surface area contributed by atoms with Crippen molar-refractivity contribution in [2.24, 2.45) is 0 Å². The fourth-order valence-electron chi connectivity index (χ4n) is 2.19. The van der Waals surface area contributed by atoms with Crippen LogP contribution >= 0.6 is 23.4 Å². The first-order valence-electron chi connectivity index (χ1n) is 7.41. The number of aromatic nitrogens is 2. The number of nitrogens with zero attached hydrogens (tertiary/aromatic N) is 4. The van der Waals surface area contributed by atoms with E-state index in [1.165, 1.54) is 11.8 Å². The van der Waals surface area contributed by atoms with Crippen LogP contribution in [0, 0.1) is 0 Å². The molecule has 1 aliphatic rings. The average Bonchev–Trinajstić information content (AvgIpc) is 2.54. The smallest absolute Gasteiger partial charge is 0.233 e. The third-order valence-electron chi connectivity index (χ3n) is 3.44. The second-order valence-electron chi connectivity index (χ2n) is 4.79. The molecule has 22 heavy (non-hydrogen) atoms. The first-order valence-corrected chi connectivity index (χ1v) is 8.78. The summed E-state index contributed by atoms with van der Waals surface area (Å²) >= 11 is 7.39. The molecule has 0 aromatic carbocycles. The Morgan fingerprint density at radius 1 is 1.36 bits per heavy atom. The van der Waals surface area contributed by atoms with Gasteiger partial charge in [-0.25, -0.2) is 9.97 Å². The van der Waals surface area contributed by atoms with E-state index in [9.17, 15) is 4.79 Å². The molecule has 0 radical (unpaired) electrons. The fourth-order valence-corrected chi connectivity index (χ4v) is 3.17. The van der Waals surface area contributed by atoms with Crippen LogP contribution < -0.4 is 4.90 Å². The maximum Gasteiger partial charge on any atom is 0.233 e. The van der Waals surface area contributed by atoms with Crippen molar-refractivity contribution in [3.05, 3.63) is 11.2 Å². The van der Waals surface area contributed by atoms with E-state index in [2.05, 4.69) is 28.7 Å². The Morgan fingerprint density at radius 3 is 2.68 bits per heavy atom. The van der Waals surface area contributed by atoms with Gasteiger partial charge in [0.25, 0.3) is 0 Å². The van der Waals surface area contributed by atoms with Crippen LogP contribution in [0.3, 0.4) is 0 Å². The second kappa shape index (κ2) is 8.55. The molecule has 1 saturated heterocycles. The molecule has 1 amide bonds. The van der Waals surface area contributed by atoms with Gasteiger partial charge in [-0.05, 0) is 13.8 Å². The van der Waals surface area contributed by atoms with Crippen LogP contribution in [0.5, 0.6) is 0 Å². The number of morpholine rings is 1. The van der Waals surface area contributed by atoms with E-state index < -0.39 is 0 Å². The van der Waals surface area contributed by atoms with Gasteiger partial charge in [0.15, 0.2) is 5.16 Å². The van der Waals surface area contributed by atoms with Gasteiger partial charge >= 0.3 is 0 Å². The third-order valence-corrected chi connectivity index (χ3v) is 4.46. The SMILES string of the molecule is CCN(CC)c1cc(Cl)nc(SCC(=O)N2CCOCC2)n1. The van der Waals surface area contributed by atoms with Crippen LogP contribution in [0.15, 0.2) is 11.2 Å². The quantitative estimate of drug-likeness (QED) is 0.446. The lowest BCUT2D eigenvalue weighted by Gasteiger charge is -2.26. The number of anilines is 1. The van der Waals surface area contributed by atoms with Gasteiger partial charge in [0.2, 0.25) is 5.91 Å². The van der Waals surface area contributed by atoms with Gasteiger partial charge < -0.3 is 14.5 Å². The zero-order valence-electron chi connectivity index (χ0n) is 12.9. The summed E-state index contributed by atoms with van der Waals surface area (Å²) in [6, 6.07) is 1.75. The summed E-state index contributed by atoms with van der Waals surface area (Å²) in [4.78, 5) is 24.7. The average molecular weight is 345 g/mol. The third kappa shape index (κ3) is 4.72. The first kappa shape index (κ1) is 17.3. The molecule has 1 aliphatic heterocycles. The molecule has 0 atom stereocenters. The molecule has 0 unspecified atom stereocenters. The molecule has 8 heteroatoms. The molecule has 0 bridgehead atoms. The Balaban J connectivity index is 1.98. The Labute approximate surface area is 140 Å². The van der Waals surface area contributed by atoms with Gasteiger partial charge in [0.05, 0.1) is 19.0 Å². The first-order chi connectivity index (χ1) is 10.6. The lowest BCUT2D eigenvalue weighted by molar-refractivity contribution is -0.132. The lowest BCUT2D eigenvalue weighted by atomic mass is 10.4. The standard InChI is InChI=1S/C14H21ClN4O2S/c1-3-18(4-2)12-9-11(15)16-14(17-12)22-10-13(20)19-5-7-21-8-6-19/h9H,3-8,10H2,1-2H3. The summed E-state index contributed by atoms with van der Waals surface area (Å²) in [5.74, 6) is 1.20. The minimum atomic E-state index is 0.0845. The van der Waals surface area contributed by atoms with Crippen LogP contribution in [0.1, 0.15) is 13.8 Å². The zero-order chi connectivity index (χ0) is 15.9. The van der Waals surface area contributed by atoms with Crippen molar-refractivity contribution in [2.75, 3.05) is 50.0 Å². The summed E-state index contributed by atoms with van der Waals surface area (Å²) < 4.78 is 5.25. The second-order valence-corrected chi connectivity index (χ2v) is 6.12. The van der Waals surface area contributed by atoms with E-state index >= 15 is 0 Å². The minimum absolute atomic E-state index is 0.0845. The van der Waals surface area contributed by atoms with Gasteiger partial charge in [0, 0.05) is 32.2 Å². The van der Waals surface area contributed by atoms with Crippen molar-refractivity contribution in [3.8, 4) is 0 Å². The number of rotatable bonds is 6. The Kier molecular flexibility index (Phi) is 6.72. The monoisotopic (exact) mass is 344 g/mol. The van der Waals surface area contributed by atoms with E-state index in [1.807, 2.05) is 4.90 Å². The summed E-state index contributed by atoms with van der Waals surface area (Å²) in [6.07, 6.45) is 0. The molecular weight excluding hydrogens is 324 g/mol. The molecule has 6 nitrogen and oxygen atoms in total. The molecule has 1 aromatic rings. The number of hydrogen-bond acceptors (Lipinski definition) is 6. The predicted octanol–water partition coefficient (Wildman–Crippen LogP) is 1.93. The fraction of sp³-hybridized carbons (Fsp3) is 0.643. The highest BCUT2D eigenvalue weighted by Gasteiger charge is 2.18. The summed E-state index contributed by atoms with van der Waals surface area (Å²) in [5.41, 5.74) is 0. The number of amides is 1.